The molecule has 1 unspecified atom stereocenters. The number of aromatic nitrogens is 2. The van der Waals surface area contributed by atoms with Crippen LogP contribution in [-0.2, 0) is 19.4 Å². The standard InChI is InChI=1S/C17H24IN3/c1-4-15-11-16(21(6-3)20-15)12-17(19-5-2)13-8-7-9-14(18)10-13/h7-11,17,19H,4-6,12H2,1-3H3. The van der Waals surface area contributed by atoms with Crippen molar-refractivity contribution in [2.24, 2.45) is 0 Å². The van der Waals surface area contributed by atoms with Gasteiger partial charge in [-0.3, -0.25) is 4.68 Å². The van der Waals surface area contributed by atoms with Crippen molar-refractivity contribution in [3.05, 3.63) is 50.9 Å². The summed E-state index contributed by atoms with van der Waals surface area (Å²) in [5.74, 6) is 0. The molecular formula is C17H24IN3. The smallest absolute Gasteiger partial charge is 0.0624 e. The average molecular weight is 397 g/mol. The SMILES string of the molecule is CCNC(Cc1cc(CC)nn1CC)c1cccc(I)c1. The Bertz CT molecular complexity index is 577. The molecule has 0 saturated carbocycles. The fourth-order valence-electron chi connectivity index (χ4n) is 2.61. The molecule has 1 aromatic carbocycles. The van der Waals surface area contributed by atoms with Crippen molar-refractivity contribution in [2.45, 2.75) is 46.2 Å². The van der Waals surface area contributed by atoms with Crippen molar-refractivity contribution >= 4 is 22.6 Å². The highest BCUT2D eigenvalue weighted by atomic mass is 127. The Kier molecular flexibility index (Phi) is 6.23. The summed E-state index contributed by atoms with van der Waals surface area (Å²) >= 11 is 2.38. The maximum absolute atomic E-state index is 4.66. The van der Waals surface area contributed by atoms with Gasteiger partial charge in [0.1, 0.15) is 0 Å². The third kappa shape index (κ3) is 4.30. The Hall–Kier alpha value is -0.880. The molecule has 0 aliphatic heterocycles. The van der Waals surface area contributed by atoms with Crippen molar-refractivity contribution in [2.75, 3.05) is 6.54 Å². The van der Waals surface area contributed by atoms with Crippen LogP contribution in [0.2, 0.25) is 0 Å². The topological polar surface area (TPSA) is 29.9 Å². The summed E-state index contributed by atoms with van der Waals surface area (Å²) in [5, 5.41) is 8.27. The van der Waals surface area contributed by atoms with Crippen molar-refractivity contribution in [3.8, 4) is 0 Å². The van der Waals surface area contributed by atoms with Gasteiger partial charge < -0.3 is 5.32 Å². The highest BCUT2D eigenvalue weighted by Gasteiger charge is 2.15. The lowest BCUT2D eigenvalue weighted by Gasteiger charge is -2.19. The van der Waals surface area contributed by atoms with Gasteiger partial charge in [-0.2, -0.15) is 5.10 Å². The van der Waals surface area contributed by atoms with Crippen LogP contribution in [0.3, 0.4) is 0 Å². The first kappa shape index (κ1) is 16.5. The normalized spacial score (nSPS) is 12.6. The number of likely N-dealkylation sites (N-methyl/N-ethyl adjacent to an activating group) is 1. The molecule has 0 bridgehead atoms. The second-order valence-corrected chi connectivity index (χ2v) is 6.41. The van der Waals surface area contributed by atoms with Crippen LogP contribution in [0.4, 0.5) is 0 Å². The van der Waals surface area contributed by atoms with Gasteiger partial charge in [-0.25, -0.2) is 0 Å². The molecule has 0 spiro atoms. The van der Waals surface area contributed by atoms with E-state index in [0.29, 0.717) is 6.04 Å². The maximum atomic E-state index is 4.66. The quantitative estimate of drug-likeness (QED) is 0.717. The zero-order chi connectivity index (χ0) is 15.2. The molecule has 21 heavy (non-hydrogen) atoms. The number of nitrogens with one attached hydrogen (secondary N) is 1. The lowest BCUT2D eigenvalue weighted by atomic mass is 10.0. The highest BCUT2D eigenvalue weighted by Crippen LogP contribution is 2.21. The average Bonchev–Trinajstić information content (AvgIpc) is 2.89. The highest BCUT2D eigenvalue weighted by molar-refractivity contribution is 14.1. The zero-order valence-electron chi connectivity index (χ0n) is 13.1. The predicted molar refractivity (Wildman–Crippen MR) is 96.6 cm³/mol. The van der Waals surface area contributed by atoms with E-state index < -0.39 is 0 Å². The Balaban J connectivity index is 2.25. The molecule has 0 amide bonds. The van der Waals surface area contributed by atoms with E-state index in [0.717, 1.165) is 25.9 Å². The van der Waals surface area contributed by atoms with Crippen LogP contribution in [-0.4, -0.2) is 16.3 Å². The molecule has 0 radical (unpaired) electrons. The van der Waals surface area contributed by atoms with E-state index in [-0.39, 0.29) is 0 Å². The zero-order valence-corrected chi connectivity index (χ0v) is 15.2. The van der Waals surface area contributed by atoms with Crippen molar-refractivity contribution in [3.63, 3.8) is 0 Å². The molecule has 0 fully saturated rings. The summed E-state index contributed by atoms with van der Waals surface area (Å²) in [4.78, 5) is 0. The minimum Gasteiger partial charge on any atom is -0.310 e. The van der Waals surface area contributed by atoms with Crippen LogP contribution < -0.4 is 5.32 Å². The number of aryl methyl sites for hydroxylation is 2. The van der Waals surface area contributed by atoms with E-state index in [9.17, 15) is 0 Å². The molecule has 0 aliphatic carbocycles. The Morgan fingerprint density at radius 3 is 2.67 bits per heavy atom. The number of rotatable bonds is 7. The van der Waals surface area contributed by atoms with E-state index in [4.69, 9.17) is 0 Å². The molecule has 1 aromatic heterocycles. The first-order valence-corrected chi connectivity index (χ1v) is 8.80. The Morgan fingerprint density at radius 2 is 2.05 bits per heavy atom. The second kappa shape index (κ2) is 7.94. The summed E-state index contributed by atoms with van der Waals surface area (Å²) in [7, 11) is 0. The van der Waals surface area contributed by atoms with E-state index in [2.05, 4.69) is 88.8 Å². The summed E-state index contributed by atoms with van der Waals surface area (Å²) < 4.78 is 3.42. The van der Waals surface area contributed by atoms with E-state index in [1.807, 2.05) is 0 Å². The maximum Gasteiger partial charge on any atom is 0.0624 e. The van der Waals surface area contributed by atoms with Gasteiger partial charge in [-0.1, -0.05) is 26.0 Å². The van der Waals surface area contributed by atoms with Crippen LogP contribution in [0.1, 0.15) is 43.8 Å². The number of hydrogen-bond acceptors (Lipinski definition) is 2. The minimum atomic E-state index is 0.344. The van der Waals surface area contributed by atoms with Crippen LogP contribution in [0, 0.1) is 3.57 Å². The summed E-state index contributed by atoms with van der Waals surface area (Å²) in [6.45, 7) is 8.38. The second-order valence-electron chi connectivity index (χ2n) is 5.17. The van der Waals surface area contributed by atoms with Crippen LogP contribution >= 0.6 is 22.6 Å². The molecule has 3 nitrogen and oxygen atoms in total. The number of nitrogens with zero attached hydrogens (tertiary/aromatic N) is 2. The molecule has 2 aromatic rings. The van der Waals surface area contributed by atoms with Gasteiger partial charge in [0.15, 0.2) is 0 Å². The van der Waals surface area contributed by atoms with Crippen molar-refractivity contribution in [1.29, 1.82) is 0 Å². The van der Waals surface area contributed by atoms with E-state index >= 15 is 0 Å². The number of halogens is 1. The minimum absolute atomic E-state index is 0.344. The largest absolute Gasteiger partial charge is 0.310 e. The third-order valence-electron chi connectivity index (χ3n) is 3.69. The molecule has 1 atom stereocenters. The van der Waals surface area contributed by atoms with Gasteiger partial charge >= 0.3 is 0 Å². The number of benzene rings is 1. The first-order valence-electron chi connectivity index (χ1n) is 7.72. The number of hydrogen-bond donors (Lipinski definition) is 1. The molecule has 0 aliphatic rings. The summed E-state index contributed by atoms with van der Waals surface area (Å²) in [6.07, 6.45) is 1.98. The molecule has 4 heteroatoms. The van der Waals surface area contributed by atoms with Crippen LogP contribution in [0.15, 0.2) is 30.3 Å². The molecule has 2 rings (SSSR count). The molecule has 1 heterocycles. The lowest BCUT2D eigenvalue weighted by Crippen LogP contribution is -2.24. The van der Waals surface area contributed by atoms with Gasteiger partial charge in [-0.15, -0.1) is 0 Å². The fraction of sp³-hybridized carbons (Fsp3) is 0.471. The summed E-state index contributed by atoms with van der Waals surface area (Å²) in [6, 6.07) is 11.3. The molecule has 114 valence electrons. The van der Waals surface area contributed by atoms with Gasteiger partial charge in [0.25, 0.3) is 0 Å². The van der Waals surface area contributed by atoms with Crippen molar-refractivity contribution in [1.82, 2.24) is 15.1 Å². The third-order valence-corrected chi connectivity index (χ3v) is 4.36. The van der Waals surface area contributed by atoms with Gasteiger partial charge in [0.05, 0.1) is 5.69 Å². The Labute approximate surface area is 141 Å². The van der Waals surface area contributed by atoms with E-state index in [1.54, 1.807) is 0 Å². The molecule has 0 saturated heterocycles. The first-order chi connectivity index (χ1) is 10.2. The van der Waals surface area contributed by atoms with Gasteiger partial charge in [0, 0.05) is 28.3 Å². The fourth-order valence-corrected chi connectivity index (χ4v) is 3.18. The van der Waals surface area contributed by atoms with E-state index in [1.165, 1.54) is 20.5 Å². The van der Waals surface area contributed by atoms with Crippen LogP contribution in [0.5, 0.6) is 0 Å². The molecule has 1 N–H and O–H groups in total. The predicted octanol–water partition coefficient (Wildman–Crippen LogP) is 3.96. The molecular weight excluding hydrogens is 373 g/mol. The van der Waals surface area contributed by atoms with Gasteiger partial charge in [0.2, 0.25) is 0 Å². The summed E-state index contributed by atoms with van der Waals surface area (Å²) in [5.41, 5.74) is 3.86. The van der Waals surface area contributed by atoms with Crippen LogP contribution in [0.25, 0.3) is 0 Å². The lowest BCUT2D eigenvalue weighted by molar-refractivity contribution is 0.515. The van der Waals surface area contributed by atoms with Gasteiger partial charge in [-0.05, 0) is 66.2 Å². The van der Waals surface area contributed by atoms with Crippen molar-refractivity contribution < 1.29 is 0 Å². The Morgan fingerprint density at radius 1 is 1.24 bits per heavy atom. The monoisotopic (exact) mass is 397 g/mol.